The van der Waals surface area contributed by atoms with E-state index >= 15 is 0 Å². The van der Waals surface area contributed by atoms with Crippen molar-refractivity contribution >= 4 is 6.29 Å². The summed E-state index contributed by atoms with van der Waals surface area (Å²) in [6, 6.07) is 0. The van der Waals surface area contributed by atoms with Crippen LogP contribution in [-0.4, -0.2) is 12.5 Å². The molecule has 0 fully saturated rings. The van der Waals surface area contributed by atoms with Crippen LogP contribution < -0.4 is 0 Å². The summed E-state index contributed by atoms with van der Waals surface area (Å²) in [5, 5.41) is 0. The first kappa shape index (κ1) is 12.7. The van der Waals surface area contributed by atoms with Crippen molar-refractivity contribution in [2.45, 2.75) is 13.1 Å². The van der Waals surface area contributed by atoms with E-state index in [1.807, 2.05) is 0 Å². The molecule has 1 nitrogen and oxygen atoms in total. The van der Waals surface area contributed by atoms with Gasteiger partial charge in [0.05, 0.1) is 0 Å². The molecule has 0 bridgehead atoms. The van der Waals surface area contributed by atoms with Crippen molar-refractivity contribution in [2.75, 3.05) is 0 Å². The molecule has 4 heteroatoms. The van der Waals surface area contributed by atoms with Crippen LogP contribution in [0, 0.1) is 5.92 Å². The van der Waals surface area contributed by atoms with Gasteiger partial charge in [0, 0.05) is 0 Å². The predicted molar refractivity (Wildman–Crippen MR) is 48.7 cm³/mol. The Balaban J connectivity index is 4.91. The number of allylic oxidation sites excluding steroid dienone is 5. The average molecular weight is 204 g/mol. The zero-order valence-corrected chi connectivity index (χ0v) is 7.71. The highest BCUT2D eigenvalue weighted by atomic mass is 19.4. The third-order valence-electron chi connectivity index (χ3n) is 1.61. The van der Waals surface area contributed by atoms with Crippen molar-refractivity contribution in [3.63, 3.8) is 0 Å². The molecule has 0 N–H and O–H groups in total. The minimum atomic E-state index is -4.53. The van der Waals surface area contributed by atoms with Crippen molar-refractivity contribution in [1.29, 1.82) is 0 Å². The zero-order chi connectivity index (χ0) is 11.2. The van der Waals surface area contributed by atoms with E-state index < -0.39 is 12.1 Å². The van der Waals surface area contributed by atoms with E-state index in [0.717, 1.165) is 0 Å². The predicted octanol–water partition coefficient (Wildman–Crippen LogP) is 3.05. The molecule has 0 aromatic heterocycles. The Bertz CT molecular complexity index is 261. The van der Waals surface area contributed by atoms with E-state index in [1.54, 1.807) is 0 Å². The molecular formula is C10H11F3O. The molecule has 0 saturated heterocycles. The Morgan fingerprint density at radius 1 is 1.43 bits per heavy atom. The van der Waals surface area contributed by atoms with E-state index in [9.17, 15) is 18.0 Å². The molecule has 1 unspecified atom stereocenters. The molecule has 0 aromatic carbocycles. The largest absolute Gasteiger partial charge is 0.402 e. The van der Waals surface area contributed by atoms with Gasteiger partial charge in [0.2, 0.25) is 0 Å². The number of carbonyl (C=O) groups excluding carboxylic acids is 1. The maximum Gasteiger partial charge on any atom is 0.402 e. The Kier molecular flexibility index (Phi) is 4.91. The average Bonchev–Trinajstić information content (AvgIpc) is 2.09. The van der Waals surface area contributed by atoms with Gasteiger partial charge in [0.1, 0.15) is 12.2 Å². The molecule has 0 amide bonds. The maximum absolute atomic E-state index is 12.3. The van der Waals surface area contributed by atoms with Crippen LogP contribution in [-0.2, 0) is 4.79 Å². The second kappa shape index (κ2) is 5.42. The summed E-state index contributed by atoms with van der Waals surface area (Å²) in [5.74, 6) is -2.05. The van der Waals surface area contributed by atoms with Gasteiger partial charge in [-0.2, -0.15) is 13.2 Å². The van der Waals surface area contributed by atoms with Gasteiger partial charge in [-0.05, 0) is 12.5 Å². The molecule has 0 spiro atoms. The molecular weight excluding hydrogens is 193 g/mol. The van der Waals surface area contributed by atoms with Crippen LogP contribution in [0.1, 0.15) is 6.92 Å². The van der Waals surface area contributed by atoms with Gasteiger partial charge in [-0.3, -0.25) is 0 Å². The van der Waals surface area contributed by atoms with Crippen molar-refractivity contribution in [1.82, 2.24) is 0 Å². The van der Waals surface area contributed by atoms with Crippen LogP contribution >= 0.6 is 0 Å². The SMILES string of the molecule is C=C/C=C\C(=C/C)C(C=O)C(F)(F)F. The Morgan fingerprint density at radius 3 is 2.29 bits per heavy atom. The first-order chi connectivity index (χ1) is 6.47. The molecule has 0 aliphatic rings. The third-order valence-corrected chi connectivity index (χ3v) is 1.61. The standard InChI is InChI=1S/C10H11F3O/c1-3-5-6-8(4-2)9(7-14)10(11,12)13/h3-7,9H,1H2,2H3/b6-5-,8-4+. The Morgan fingerprint density at radius 2 is 2.00 bits per heavy atom. The molecule has 1 atom stereocenters. The lowest BCUT2D eigenvalue weighted by molar-refractivity contribution is -0.165. The molecule has 0 aliphatic heterocycles. The number of aldehydes is 1. The lowest BCUT2D eigenvalue weighted by Gasteiger charge is -2.14. The van der Waals surface area contributed by atoms with E-state index in [2.05, 4.69) is 6.58 Å². The number of hydrogen-bond donors (Lipinski definition) is 0. The molecule has 0 saturated carbocycles. The van der Waals surface area contributed by atoms with Crippen LogP contribution in [0.2, 0.25) is 0 Å². The highest BCUT2D eigenvalue weighted by Crippen LogP contribution is 2.30. The molecule has 0 radical (unpaired) electrons. The fourth-order valence-electron chi connectivity index (χ4n) is 0.903. The summed E-state index contributed by atoms with van der Waals surface area (Å²) in [6.45, 7) is 4.78. The second-order valence-electron chi connectivity index (χ2n) is 2.54. The Labute approximate surface area is 80.6 Å². The summed E-state index contributed by atoms with van der Waals surface area (Å²) in [5.41, 5.74) is -0.0765. The van der Waals surface area contributed by atoms with E-state index in [1.165, 1.54) is 31.2 Å². The van der Waals surface area contributed by atoms with Gasteiger partial charge in [-0.1, -0.05) is 30.9 Å². The number of rotatable bonds is 4. The summed E-state index contributed by atoms with van der Waals surface area (Å²) in [6.07, 6.45) is 0.545. The summed E-state index contributed by atoms with van der Waals surface area (Å²) < 4.78 is 36.8. The first-order valence-electron chi connectivity index (χ1n) is 3.94. The topological polar surface area (TPSA) is 17.1 Å². The smallest absolute Gasteiger partial charge is 0.302 e. The summed E-state index contributed by atoms with van der Waals surface area (Å²) >= 11 is 0. The lowest BCUT2D eigenvalue weighted by Crippen LogP contribution is -2.25. The molecule has 0 aromatic rings. The highest BCUT2D eigenvalue weighted by molar-refractivity contribution is 5.62. The molecule has 78 valence electrons. The van der Waals surface area contributed by atoms with Crippen molar-refractivity contribution in [2.24, 2.45) is 5.92 Å². The molecule has 0 aliphatic carbocycles. The van der Waals surface area contributed by atoms with Gasteiger partial charge < -0.3 is 4.79 Å². The second-order valence-corrected chi connectivity index (χ2v) is 2.54. The highest BCUT2D eigenvalue weighted by Gasteiger charge is 2.40. The van der Waals surface area contributed by atoms with Crippen molar-refractivity contribution < 1.29 is 18.0 Å². The normalized spacial score (nSPS) is 15.6. The van der Waals surface area contributed by atoms with Crippen LogP contribution in [0.25, 0.3) is 0 Å². The molecule has 14 heavy (non-hydrogen) atoms. The van der Waals surface area contributed by atoms with E-state index in [4.69, 9.17) is 0 Å². The van der Waals surface area contributed by atoms with Crippen LogP contribution in [0.5, 0.6) is 0 Å². The van der Waals surface area contributed by atoms with E-state index in [-0.39, 0.29) is 11.9 Å². The van der Waals surface area contributed by atoms with Gasteiger partial charge in [0.15, 0.2) is 0 Å². The number of hydrogen-bond acceptors (Lipinski definition) is 1. The van der Waals surface area contributed by atoms with Gasteiger partial charge in [-0.25, -0.2) is 0 Å². The number of carbonyl (C=O) groups is 1. The zero-order valence-electron chi connectivity index (χ0n) is 7.71. The fraction of sp³-hybridized carbons (Fsp3) is 0.300. The molecule has 0 heterocycles. The lowest BCUT2D eigenvalue weighted by atomic mass is 9.99. The maximum atomic E-state index is 12.3. The number of alkyl halides is 3. The minimum absolute atomic E-state index is 0.0765. The minimum Gasteiger partial charge on any atom is -0.302 e. The first-order valence-corrected chi connectivity index (χ1v) is 3.94. The monoisotopic (exact) mass is 204 g/mol. The Hall–Kier alpha value is -1.32. The van der Waals surface area contributed by atoms with Crippen LogP contribution in [0.3, 0.4) is 0 Å². The fourth-order valence-corrected chi connectivity index (χ4v) is 0.903. The van der Waals surface area contributed by atoms with Crippen LogP contribution in [0.4, 0.5) is 13.2 Å². The molecule has 0 rings (SSSR count). The van der Waals surface area contributed by atoms with Gasteiger partial charge in [-0.15, -0.1) is 0 Å². The van der Waals surface area contributed by atoms with Crippen LogP contribution in [0.15, 0.2) is 36.5 Å². The summed E-state index contributed by atoms with van der Waals surface area (Å²) in [7, 11) is 0. The van der Waals surface area contributed by atoms with E-state index in [0.29, 0.717) is 0 Å². The van der Waals surface area contributed by atoms with Crippen molar-refractivity contribution in [3.05, 3.63) is 36.5 Å². The number of halogens is 3. The van der Waals surface area contributed by atoms with Gasteiger partial charge >= 0.3 is 6.18 Å². The van der Waals surface area contributed by atoms with Gasteiger partial charge in [0.25, 0.3) is 0 Å². The summed E-state index contributed by atoms with van der Waals surface area (Å²) in [4.78, 5) is 10.3. The third kappa shape index (κ3) is 3.60. The quantitative estimate of drug-likeness (QED) is 0.508. The van der Waals surface area contributed by atoms with Crippen molar-refractivity contribution in [3.8, 4) is 0 Å².